The number of sulfonamides is 2. The smallest absolute Gasteiger partial charge is 0.262 e. The number of hydrogen-bond donors (Lipinski definition) is 4. The number of carbonyl (C=O) groups is 2. The highest BCUT2D eigenvalue weighted by Gasteiger charge is 2.27. The van der Waals surface area contributed by atoms with E-state index >= 15 is 0 Å². The van der Waals surface area contributed by atoms with Gasteiger partial charge < -0.3 is 15.5 Å². The second-order valence-corrected chi connectivity index (χ2v) is 22.9. The van der Waals surface area contributed by atoms with Gasteiger partial charge >= 0.3 is 0 Å². The minimum Gasteiger partial charge on any atom is -0.377 e. The Hall–Kier alpha value is -7.64. The zero-order valence-corrected chi connectivity index (χ0v) is 43.5. The number of nitrogens with zero attached hydrogens (tertiary/aromatic N) is 4. The lowest BCUT2D eigenvalue weighted by atomic mass is 9.89. The van der Waals surface area contributed by atoms with E-state index < -0.39 is 25.5 Å². The van der Waals surface area contributed by atoms with Crippen LogP contribution in [0.25, 0.3) is 44.1 Å². The van der Waals surface area contributed by atoms with Gasteiger partial charge in [-0.25, -0.2) is 26.8 Å². The van der Waals surface area contributed by atoms with E-state index in [0.29, 0.717) is 50.7 Å². The number of fused-ring (bicyclic) bond motifs is 2. The molecule has 0 aliphatic rings. The molecule has 2 aromatic heterocycles. The lowest BCUT2D eigenvalue weighted by Gasteiger charge is -2.18. The van der Waals surface area contributed by atoms with Gasteiger partial charge in [0.15, 0.2) is 5.13 Å². The quantitative estimate of drug-likeness (QED) is 0.0767. The van der Waals surface area contributed by atoms with Gasteiger partial charge in [0.2, 0.25) is 5.91 Å². The second kappa shape index (κ2) is 21.0. The van der Waals surface area contributed by atoms with Crippen LogP contribution < -0.4 is 30.3 Å². The molecule has 14 nitrogen and oxygen atoms in total. The number of rotatable bonds is 15. The summed E-state index contributed by atoms with van der Waals surface area (Å²) in [5.74, 6) is -0.618. The highest BCUT2D eigenvalue weighted by molar-refractivity contribution is 7.93. The molecule has 0 atom stereocenters. The Kier molecular flexibility index (Phi) is 14.8. The Labute approximate surface area is 427 Å². The van der Waals surface area contributed by atoms with Crippen LogP contribution in [0.15, 0.2) is 172 Å². The van der Waals surface area contributed by atoms with Crippen molar-refractivity contribution in [2.75, 3.05) is 52.8 Å². The lowest BCUT2D eigenvalue weighted by molar-refractivity contribution is -0.125. The Morgan fingerprint density at radius 3 is 1.53 bits per heavy atom. The summed E-state index contributed by atoms with van der Waals surface area (Å²) in [4.78, 5) is 37.6. The molecule has 0 saturated carbocycles. The van der Waals surface area contributed by atoms with Crippen molar-refractivity contribution < 1.29 is 26.4 Å². The van der Waals surface area contributed by atoms with E-state index in [1.807, 2.05) is 115 Å². The van der Waals surface area contributed by atoms with Crippen molar-refractivity contribution in [3.63, 3.8) is 0 Å². The summed E-state index contributed by atoms with van der Waals surface area (Å²) in [6, 6.07) is 44.9. The Bertz CT molecular complexity index is 3690. The van der Waals surface area contributed by atoms with Crippen molar-refractivity contribution in [3.8, 4) is 22.5 Å². The zero-order valence-electron chi connectivity index (χ0n) is 40.2. The first-order valence-corrected chi connectivity index (χ1v) is 27.2. The highest BCUT2D eigenvalue weighted by Crippen LogP contribution is 2.35. The van der Waals surface area contributed by atoms with Gasteiger partial charge in [-0.2, -0.15) is 0 Å². The van der Waals surface area contributed by atoms with Crippen LogP contribution in [0.2, 0.25) is 0 Å². The number of aromatic nitrogens is 2. The molecule has 0 bridgehead atoms. The minimum atomic E-state index is -3.87. The second-order valence-electron chi connectivity index (χ2n) is 17.8. The maximum atomic E-state index is 13.4. The number of nitrogens with one attached hydrogen (secondary N) is 3. The van der Waals surface area contributed by atoms with Gasteiger partial charge in [0.05, 0.1) is 26.2 Å². The number of hydrogen-bond acceptors (Lipinski definition) is 12. The summed E-state index contributed by atoms with van der Waals surface area (Å²) in [7, 11) is -0.000785. The van der Waals surface area contributed by atoms with Gasteiger partial charge in [0.25, 0.3) is 26.0 Å². The predicted molar refractivity (Wildman–Crippen MR) is 294 cm³/mol. The molecule has 2 heterocycles. The van der Waals surface area contributed by atoms with E-state index in [-0.39, 0.29) is 21.6 Å². The van der Waals surface area contributed by atoms with E-state index in [1.165, 1.54) is 22.7 Å². The van der Waals surface area contributed by atoms with Gasteiger partial charge in [-0.3, -0.25) is 24.4 Å². The summed E-state index contributed by atoms with van der Waals surface area (Å²) in [6.45, 7) is 3.58. The molecule has 9 rings (SSSR count). The van der Waals surface area contributed by atoms with Crippen LogP contribution in [0.1, 0.15) is 29.2 Å². The first kappa shape index (κ1) is 50.7. The molecule has 368 valence electrons. The summed E-state index contributed by atoms with van der Waals surface area (Å²) in [5.41, 5.74) is 10.9. The Morgan fingerprint density at radius 1 is 0.569 bits per heavy atom. The molecule has 7 aromatic carbocycles. The molecule has 0 unspecified atom stereocenters. The molecule has 0 aliphatic carbocycles. The van der Waals surface area contributed by atoms with Crippen LogP contribution in [0.3, 0.4) is 0 Å². The van der Waals surface area contributed by atoms with E-state index in [2.05, 4.69) is 24.7 Å². The van der Waals surface area contributed by atoms with Crippen molar-refractivity contribution in [1.29, 1.82) is 0 Å². The van der Waals surface area contributed by atoms with Crippen molar-refractivity contribution >= 4 is 104 Å². The summed E-state index contributed by atoms with van der Waals surface area (Å²) in [5, 5.41) is 10.8. The van der Waals surface area contributed by atoms with Crippen molar-refractivity contribution in [1.82, 2.24) is 9.97 Å². The van der Waals surface area contributed by atoms with Gasteiger partial charge in [0, 0.05) is 112 Å². The van der Waals surface area contributed by atoms with Gasteiger partial charge in [-0.15, -0.1) is 22.7 Å². The molecule has 0 fully saturated rings. The monoisotopic (exact) mass is 1040 g/mol. The summed E-state index contributed by atoms with van der Waals surface area (Å²) in [6.07, 6.45) is 0.440. The van der Waals surface area contributed by atoms with Gasteiger partial charge in [-0.05, 0) is 60.7 Å². The molecular weight excluding hydrogens is 985 g/mol. The predicted octanol–water partition coefficient (Wildman–Crippen LogP) is 11.0. The van der Waals surface area contributed by atoms with Crippen LogP contribution in [0.4, 0.5) is 27.9 Å². The maximum Gasteiger partial charge on any atom is 0.262 e. The summed E-state index contributed by atoms with van der Waals surface area (Å²) < 4.78 is 59.0. The Morgan fingerprint density at radius 2 is 1.03 bits per heavy atom. The fourth-order valence-electron chi connectivity index (χ4n) is 7.89. The van der Waals surface area contributed by atoms with Crippen molar-refractivity contribution in [2.24, 2.45) is 11.1 Å². The number of nitrogens with two attached hydrogens (primary N) is 1. The van der Waals surface area contributed by atoms with E-state index in [0.717, 1.165) is 38.3 Å². The average Bonchev–Trinajstić information content (AvgIpc) is 4.03. The first-order chi connectivity index (χ1) is 34.3. The Balaban J connectivity index is 0.000000193. The number of primary amides is 1. The molecule has 0 aliphatic heterocycles. The van der Waals surface area contributed by atoms with Crippen molar-refractivity contribution in [3.05, 3.63) is 173 Å². The van der Waals surface area contributed by atoms with Gasteiger partial charge in [-0.1, -0.05) is 105 Å². The fraction of sp³-hybridized carbons (Fsp3) is 0.148. The number of anilines is 5. The highest BCUT2D eigenvalue weighted by atomic mass is 32.2. The minimum absolute atomic E-state index is 0.207. The van der Waals surface area contributed by atoms with E-state index in [9.17, 15) is 26.4 Å². The van der Waals surface area contributed by atoms with Crippen LogP contribution in [-0.4, -0.2) is 66.8 Å². The molecule has 2 amide bonds. The summed E-state index contributed by atoms with van der Waals surface area (Å²) >= 11 is 2.75. The van der Waals surface area contributed by atoms with Crippen molar-refractivity contribution in [2.45, 2.75) is 30.1 Å². The normalized spacial score (nSPS) is 11.6. The molecule has 9 aromatic rings. The molecule has 0 spiro atoms. The largest absolute Gasteiger partial charge is 0.377 e. The number of thiazole rings is 2. The molecular formula is C54H52N8O6S4. The standard InChI is InChI=1S/C28H24N4O3S2.C26H28N4O3S2/c1-32(2)25-15-7-14-23-22(25)13-8-16-26(23)37(34,35)31-21-12-6-11-20(17-21)24-18-36-28(29-24)30-27(33)19-9-4-3-5-10-19;1-26(2,25(27)31)15-24-28-21(16-34-24)17-8-5-9-18(14-17)29-35(32,33)23-13-7-10-19-20(23)11-6-12-22(19)30(3)4/h3-18,31H,1-2H3,(H,29,30,33);5-14,16,29H,15H2,1-4H3,(H2,27,31). The molecule has 5 N–H and O–H groups in total. The lowest BCUT2D eigenvalue weighted by Crippen LogP contribution is -2.33. The topological polar surface area (TPSA) is 197 Å². The number of carbonyl (C=O) groups excluding carboxylic acids is 2. The van der Waals surface area contributed by atoms with Crippen LogP contribution in [0.5, 0.6) is 0 Å². The third kappa shape index (κ3) is 11.4. The maximum absolute atomic E-state index is 13.4. The van der Waals surface area contributed by atoms with Gasteiger partial charge in [0.1, 0.15) is 0 Å². The average molecular weight is 1040 g/mol. The van der Waals surface area contributed by atoms with E-state index in [1.54, 1.807) is 98.8 Å². The fourth-order valence-corrected chi connectivity index (χ4v) is 12.2. The van der Waals surface area contributed by atoms with Crippen LogP contribution in [-0.2, 0) is 31.3 Å². The third-order valence-electron chi connectivity index (χ3n) is 11.7. The van der Waals surface area contributed by atoms with Crippen LogP contribution >= 0.6 is 22.7 Å². The molecule has 0 radical (unpaired) electrons. The number of amides is 2. The SMILES string of the molecule is CN(C)c1cccc2c(S(=O)(=O)Nc3cccc(-c4csc(CC(C)(C)C(N)=O)n4)c3)cccc12.CN(C)c1cccc2c(S(=O)(=O)Nc3cccc(-c4csc(NC(=O)c5ccccc5)n4)c3)cccc12. The first-order valence-electron chi connectivity index (χ1n) is 22.5. The molecule has 0 saturated heterocycles. The molecule has 18 heteroatoms. The van der Waals surface area contributed by atoms with Crippen LogP contribution in [0, 0.1) is 5.41 Å². The molecule has 72 heavy (non-hydrogen) atoms. The number of benzene rings is 7. The zero-order chi connectivity index (χ0) is 51.4. The third-order valence-corrected chi connectivity index (χ3v) is 16.1. The van der Waals surface area contributed by atoms with E-state index in [4.69, 9.17) is 5.73 Å².